The number of aryl methyl sites for hydroxylation is 1. The Morgan fingerprint density at radius 1 is 1.16 bits per heavy atom. The molecular weight excluding hydrogens is 434 g/mol. The first-order chi connectivity index (χ1) is 15.1. The summed E-state index contributed by atoms with van der Waals surface area (Å²) in [6.07, 6.45) is 1.93. The van der Waals surface area contributed by atoms with Crippen LogP contribution in [0.3, 0.4) is 0 Å². The molecule has 0 bridgehead atoms. The molecule has 5 rings (SSSR count). The maximum Gasteiger partial charge on any atom is 0.233 e. The number of ether oxygens (including phenoxy) is 2. The number of fused-ring (bicyclic) bond motifs is 2. The third kappa shape index (κ3) is 3.94. The van der Waals surface area contributed by atoms with Crippen molar-refractivity contribution in [1.82, 2.24) is 9.97 Å². The zero-order chi connectivity index (χ0) is 21.4. The van der Waals surface area contributed by atoms with E-state index in [4.69, 9.17) is 26.1 Å². The maximum atomic E-state index is 13.4. The normalized spacial score (nSPS) is 12.3. The van der Waals surface area contributed by atoms with Gasteiger partial charge in [0.2, 0.25) is 12.7 Å². The van der Waals surface area contributed by atoms with E-state index in [2.05, 4.69) is 4.98 Å². The van der Waals surface area contributed by atoms with Gasteiger partial charge in [0, 0.05) is 11.2 Å². The summed E-state index contributed by atoms with van der Waals surface area (Å²) >= 11 is 7.74. The van der Waals surface area contributed by atoms with Crippen LogP contribution >= 0.6 is 22.9 Å². The number of benzene rings is 2. The summed E-state index contributed by atoms with van der Waals surface area (Å²) in [5, 5.41) is 1.28. The molecular formula is C23H18ClN3O3S. The quantitative estimate of drug-likeness (QED) is 0.419. The number of rotatable bonds is 5. The van der Waals surface area contributed by atoms with Crippen LogP contribution in [0.15, 0.2) is 54.7 Å². The standard InChI is InChI=1S/C23H18ClN3O3S/c1-14-17(24)6-8-20-22(14)26-23(31-20)27(12-16-4-2-3-9-25-16)21(28)11-15-5-7-18-19(10-15)30-13-29-18/h2-10H,11-13H2,1H3. The van der Waals surface area contributed by atoms with Crippen LogP contribution in [0.1, 0.15) is 16.8 Å². The summed E-state index contributed by atoms with van der Waals surface area (Å²) in [6, 6.07) is 15.0. The number of aromatic nitrogens is 2. The van der Waals surface area contributed by atoms with Gasteiger partial charge in [0.25, 0.3) is 0 Å². The van der Waals surface area contributed by atoms with Crippen LogP contribution < -0.4 is 14.4 Å². The fourth-order valence-electron chi connectivity index (χ4n) is 3.44. The minimum Gasteiger partial charge on any atom is -0.454 e. The molecule has 0 aliphatic carbocycles. The Morgan fingerprint density at radius 2 is 2.03 bits per heavy atom. The average molecular weight is 452 g/mol. The van der Waals surface area contributed by atoms with Gasteiger partial charge >= 0.3 is 0 Å². The van der Waals surface area contributed by atoms with Crippen LogP contribution in [0.5, 0.6) is 11.5 Å². The molecule has 2 aromatic carbocycles. The van der Waals surface area contributed by atoms with Gasteiger partial charge < -0.3 is 9.47 Å². The molecule has 0 saturated heterocycles. The van der Waals surface area contributed by atoms with Gasteiger partial charge in [-0.25, -0.2) is 4.98 Å². The van der Waals surface area contributed by atoms with Crippen molar-refractivity contribution in [3.63, 3.8) is 0 Å². The van der Waals surface area contributed by atoms with Gasteiger partial charge in [0.1, 0.15) is 0 Å². The van der Waals surface area contributed by atoms with Crippen LogP contribution in [0.4, 0.5) is 5.13 Å². The molecule has 1 aliphatic heterocycles. The number of thiazole rings is 1. The van der Waals surface area contributed by atoms with Crippen LogP contribution in [0.25, 0.3) is 10.2 Å². The Balaban J connectivity index is 1.49. The molecule has 2 aromatic heterocycles. The summed E-state index contributed by atoms with van der Waals surface area (Å²) in [5.41, 5.74) is 3.35. The molecule has 31 heavy (non-hydrogen) atoms. The molecule has 0 saturated carbocycles. The van der Waals surface area contributed by atoms with Gasteiger partial charge in [-0.3, -0.25) is 14.7 Å². The monoisotopic (exact) mass is 451 g/mol. The second kappa shape index (κ2) is 8.17. The predicted molar refractivity (Wildman–Crippen MR) is 121 cm³/mol. The van der Waals surface area contributed by atoms with Crippen molar-refractivity contribution in [3.8, 4) is 11.5 Å². The number of carbonyl (C=O) groups is 1. The maximum absolute atomic E-state index is 13.4. The first kappa shape index (κ1) is 19.8. The second-order valence-corrected chi connectivity index (χ2v) is 8.60. The number of carbonyl (C=O) groups excluding carboxylic acids is 1. The van der Waals surface area contributed by atoms with Crippen molar-refractivity contribution in [2.24, 2.45) is 0 Å². The number of pyridine rings is 1. The highest BCUT2D eigenvalue weighted by Crippen LogP contribution is 2.35. The van der Waals surface area contributed by atoms with Crippen LogP contribution in [-0.4, -0.2) is 22.7 Å². The molecule has 4 aromatic rings. The SMILES string of the molecule is Cc1c(Cl)ccc2sc(N(Cc3ccccn3)C(=O)Cc3ccc4c(c3)OCO4)nc12. The van der Waals surface area contributed by atoms with Gasteiger partial charge in [-0.1, -0.05) is 35.1 Å². The van der Waals surface area contributed by atoms with Crippen molar-refractivity contribution in [3.05, 3.63) is 76.6 Å². The van der Waals surface area contributed by atoms with Crippen molar-refractivity contribution >= 4 is 44.2 Å². The molecule has 0 N–H and O–H groups in total. The Bertz CT molecular complexity index is 1280. The smallest absolute Gasteiger partial charge is 0.233 e. The molecule has 8 heteroatoms. The Kier molecular flexibility index (Phi) is 5.21. The number of halogens is 1. The molecule has 156 valence electrons. The molecule has 1 amide bonds. The number of anilines is 1. The van der Waals surface area contributed by atoms with Crippen LogP contribution in [0.2, 0.25) is 5.02 Å². The molecule has 0 atom stereocenters. The van der Waals surface area contributed by atoms with Gasteiger partial charge in [0.05, 0.1) is 28.9 Å². The highest BCUT2D eigenvalue weighted by Gasteiger charge is 2.23. The topological polar surface area (TPSA) is 64.6 Å². The number of amides is 1. The Labute approximate surface area is 188 Å². The first-order valence-corrected chi connectivity index (χ1v) is 10.9. The number of hydrogen-bond acceptors (Lipinski definition) is 6. The third-order valence-corrected chi connectivity index (χ3v) is 6.56. The van der Waals surface area contributed by atoms with E-state index in [1.165, 1.54) is 11.3 Å². The molecule has 0 radical (unpaired) electrons. The average Bonchev–Trinajstić information content (AvgIpc) is 3.42. The molecule has 6 nitrogen and oxygen atoms in total. The predicted octanol–water partition coefficient (Wildman–Crippen LogP) is 5.16. The lowest BCUT2D eigenvalue weighted by Gasteiger charge is -2.19. The molecule has 0 fully saturated rings. The lowest BCUT2D eigenvalue weighted by Crippen LogP contribution is -2.32. The summed E-state index contributed by atoms with van der Waals surface area (Å²) < 4.78 is 11.8. The lowest BCUT2D eigenvalue weighted by atomic mass is 10.1. The van der Waals surface area contributed by atoms with E-state index in [0.717, 1.165) is 27.0 Å². The molecule has 0 unspecified atom stereocenters. The minimum atomic E-state index is -0.0766. The Hall–Kier alpha value is -3.16. The summed E-state index contributed by atoms with van der Waals surface area (Å²) in [6.45, 7) is 2.47. The van der Waals surface area contributed by atoms with Crippen molar-refractivity contribution in [1.29, 1.82) is 0 Å². The zero-order valence-electron chi connectivity index (χ0n) is 16.7. The summed E-state index contributed by atoms with van der Waals surface area (Å²) in [5.74, 6) is 1.28. The largest absolute Gasteiger partial charge is 0.454 e. The fourth-order valence-corrected chi connectivity index (χ4v) is 4.64. The van der Waals surface area contributed by atoms with E-state index in [1.807, 2.05) is 55.5 Å². The second-order valence-electron chi connectivity index (χ2n) is 7.18. The fraction of sp³-hybridized carbons (Fsp3) is 0.174. The molecule has 3 heterocycles. The van der Waals surface area contributed by atoms with Gasteiger partial charge in [-0.15, -0.1) is 0 Å². The molecule has 1 aliphatic rings. The van der Waals surface area contributed by atoms with Crippen molar-refractivity contribution in [2.45, 2.75) is 19.9 Å². The lowest BCUT2D eigenvalue weighted by molar-refractivity contribution is -0.118. The van der Waals surface area contributed by atoms with Gasteiger partial charge in [0.15, 0.2) is 16.6 Å². The number of nitrogens with zero attached hydrogens (tertiary/aromatic N) is 3. The van der Waals surface area contributed by atoms with Crippen molar-refractivity contribution < 1.29 is 14.3 Å². The third-order valence-electron chi connectivity index (χ3n) is 5.11. The van der Waals surface area contributed by atoms with Gasteiger partial charge in [-0.05, 0) is 54.4 Å². The highest BCUT2D eigenvalue weighted by atomic mass is 35.5. The van der Waals surface area contributed by atoms with E-state index in [9.17, 15) is 4.79 Å². The zero-order valence-corrected chi connectivity index (χ0v) is 18.2. The van der Waals surface area contributed by atoms with Crippen molar-refractivity contribution in [2.75, 3.05) is 11.7 Å². The van der Waals surface area contributed by atoms with Gasteiger partial charge in [-0.2, -0.15) is 0 Å². The van der Waals surface area contributed by atoms with Crippen LogP contribution in [-0.2, 0) is 17.8 Å². The van der Waals surface area contributed by atoms with E-state index in [1.54, 1.807) is 11.1 Å². The van der Waals surface area contributed by atoms with E-state index in [0.29, 0.717) is 28.2 Å². The van der Waals surface area contributed by atoms with E-state index >= 15 is 0 Å². The van der Waals surface area contributed by atoms with E-state index in [-0.39, 0.29) is 19.1 Å². The summed E-state index contributed by atoms with van der Waals surface area (Å²) in [4.78, 5) is 24.2. The summed E-state index contributed by atoms with van der Waals surface area (Å²) in [7, 11) is 0. The Morgan fingerprint density at radius 3 is 2.87 bits per heavy atom. The number of hydrogen-bond donors (Lipinski definition) is 0. The first-order valence-electron chi connectivity index (χ1n) is 9.73. The highest BCUT2D eigenvalue weighted by molar-refractivity contribution is 7.22. The molecule has 0 spiro atoms. The minimum absolute atomic E-state index is 0.0766. The van der Waals surface area contributed by atoms with E-state index < -0.39 is 0 Å². The van der Waals surface area contributed by atoms with Crippen LogP contribution in [0, 0.1) is 6.92 Å².